The highest BCUT2D eigenvalue weighted by atomic mass is 16.3. The maximum absolute atomic E-state index is 11.6. The molecule has 1 unspecified atom stereocenters. The second kappa shape index (κ2) is 5.10. The first-order chi connectivity index (χ1) is 6.66. The van der Waals surface area contributed by atoms with E-state index in [1.165, 1.54) is 6.92 Å². The van der Waals surface area contributed by atoms with Crippen molar-refractivity contribution < 1.29 is 14.7 Å². The summed E-state index contributed by atoms with van der Waals surface area (Å²) in [6.45, 7) is 2.25. The molecule has 0 aromatic rings. The van der Waals surface area contributed by atoms with Gasteiger partial charge in [0.15, 0.2) is 5.78 Å². The fraction of sp³-hybridized carbons (Fsp3) is 0.800. The van der Waals surface area contributed by atoms with E-state index in [0.29, 0.717) is 19.4 Å². The Labute approximate surface area is 83.9 Å². The van der Waals surface area contributed by atoms with E-state index >= 15 is 0 Å². The van der Waals surface area contributed by atoms with E-state index in [1.54, 1.807) is 4.90 Å². The number of nitrogens with zero attached hydrogens (tertiary/aromatic N) is 1. The van der Waals surface area contributed by atoms with E-state index in [2.05, 4.69) is 0 Å². The van der Waals surface area contributed by atoms with Crippen LogP contribution in [0.25, 0.3) is 0 Å². The van der Waals surface area contributed by atoms with E-state index in [0.717, 1.165) is 12.8 Å². The third kappa shape index (κ3) is 2.54. The van der Waals surface area contributed by atoms with Crippen molar-refractivity contribution in [2.24, 2.45) is 0 Å². The normalized spacial score (nSPS) is 21.3. The van der Waals surface area contributed by atoms with Crippen molar-refractivity contribution >= 4 is 11.7 Å². The number of ketones is 1. The van der Waals surface area contributed by atoms with Gasteiger partial charge in [-0.15, -0.1) is 0 Å². The Morgan fingerprint density at radius 1 is 1.50 bits per heavy atom. The molecule has 1 atom stereocenters. The maximum atomic E-state index is 11.6. The highest BCUT2D eigenvalue weighted by Crippen LogP contribution is 2.19. The van der Waals surface area contributed by atoms with Gasteiger partial charge in [-0.3, -0.25) is 9.59 Å². The summed E-state index contributed by atoms with van der Waals surface area (Å²) in [5.74, 6) is 0.0663. The molecule has 1 heterocycles. The number of amides is 1. The van der Waals surface area contributed by atoms with Crippen LogP contribution in [0.3, 0.4) is 0 Å². The second-order valence-corrected chi connectivity index (χ2v) is 3.68. The second-order valence-electron chi connectivity index (χ2n) is 3.68. The number of aliphatic hydroxyl groups excluding tert-OH is 1. The van der Waals surface area contributed by atoms with E-state index in [-0.39, 0.29) is 24.3 Å². The number of Topliss-reactive ketones (excluding diaryl/α,β-unsaturated/α-hetero) is 1. The lowest BCUT2D eigenvalue weighted by Gasteiger charge is -2.22. The number of likely N-dealkylation sites (tertiary alicyclic amines) is 1. The Morgan fingerprint density at radius 2 is 2.21 bits per heavy atom. The maximum Gasteiger partial charge on any atom is 0.223 e. The van der Waals surface area contributed by atoms with Crippen LogP contribution < -0.4 is 0 Å². The molecular weight excluding hydrogens is 182 g/mol. The van der Waals surface area contributed by atoms with Crippen LogP contribution in [0.4, 0.5) is 0 Å². The van der Waals surface area contributed by atoms with Gasteiger partial charge in [-0.25, -0.2) is 0 Å². The van der Waals surface area contributed by atoms with E-state index in [9.17, 15) is 9.59 Å². The van der Waals surface area contributed by atoms with Crippen molar-refractivity contribution in [3.05, 3.63) is 0 Å². The summed E-state index contributed by atoms with van der Waals surface area (Å²) in [5.41, 5.74) is 0. The molecule has 0 aromatic carbocycles. The van der Waals surface area contributed by atoms with Gasteiger partial charge in [0.05, 0.1) is 6.04 Å². The number of rotatable bonds is 4. The summed E-state index contributed by atoms with van der Waals surface area (Å²) >= 11 is 0. The monoisotopic (exact) mass is 199 g/mol. The molecule has 1 N–H and O–H groups in total. The van der Waals surface area contributed by atoms with Gasteiger partial charge in [-0.2, -0.15) is 0 Å². The van der Waals surface area contributed by atoms with Crippen LogP contribution in [0.15, 0.2) is 0 Å². The predicted molar refractivity (Wildman–Crippen MR) is 51.7 cm³/mol. The average molecular weight is 199 g/mol. The molecule has 0 aromatic heterocycles. The van der Waals surface area contributed by atoms with Crippen LogP contribution in [0.5, 0.6) is 0 Å². The van der Waals surface area contributed by atoms with Crippen LogP contribution in [-0.4, -0.2) is 40.9 Å². The Balaban J connectivity index is 2.49. The minimum Gasteiger partial charge on any atom is -0.396 e. The van der Waals surface area contributed by atoms with Gasteiger partial charge < -0.3 is 10.0 Å². The Bertz CT molecular complexity index is 227. The average Bonchev–Trinajstić information content (AvgIpc) is 2.62. The number of carbonyl (C=O) groups is 2. The van der Waals surface area contributed by atoms with Gasteiger partial charge >= 0.3 is 0 Å². The number of carbonyl (C=O) groups excluding carboxylic acids is 2. The highest BCUT2D eigenvalue weighted by Gasteiger charge is 2.30. The smallest absolute Gasteiger partial charge is 0.223 e. The Hall–Kier alpha value is -0.900. The van der Waals surface area contributed by atoms with Crippen molar-refractivity contribution in [1.29, 1.82) is 0 Å². The quantitative estimate of drug-likeness (QED) is 0.710. The van der Waals surface area contributed by atoms with Gasteiger partial charge in [0.2, 0.25) is 5.91 Å². The van der Waals surface area contributed by atoms with Crippen molar-refractivity contribution in [2.45, 2.75) is 38.6 Å². The summed E-state index contributed by atoms with van der Waals surface area (Å²) in [6, 6.07) is -0.207. The van der Waals surface area contributed by atoms with Crippen molar-refractivity contribution in [3.8, 4) is 0 Å². The van der Waals surface area contributed by atoms with Crippen molar-refractivity contribution in [2.75, 3.05) is 13.2 Å². The van der Waals surface area contributed by atoms with Crippen LogP contribution in [0, 0.1) is 0 Å². The molecule has 1 amide bonds. The van der Waals surface area contributed by atoms with Crippen molar-refractivity contribution in [3.63, 3.8) is 0 Å². The molecule has 4 nitrogen and oxygen atoms in total. The fourth-order valence-electron chi connectivity index (χ4n) is 1.86. The molecule has 0 aliphatic carbocycles. The SMILES string of the molecule is CC(=O)C1CCCN1C(=O)CCCO. The molecule has 0 radical (unpaired) electrons. The molecule has 1 fully saturated rings. The molecule has 1 aliphatic heterocycles. The molecular formula is C10H17NO3. The van der Waals surface area contributed by atoms with Crippen LogP contribution in [0.1, 0.15) is 32.6 Å². The zero-order valence-corrected chi connectivity index (χ0v) is 8.53. The number of hydrogen-bond acceptors (Lipinski definition) is 3. The number of hydrogen-bond donors (Lipinski definition) is 1. The standard InChI is InChI=1S/C10H17NO3/c1-8(13)9-4-2-6-11(9)10(14)5-3-7-12/h9,12H,2-7H2,1H3. The zero-order valence-electron chi connectivity index (χ0n) is 8.53. The first-order valence-electron chi connectivity index (χ1n) is 5.07. The predicted octanol–water partition coefficient (Wildman–Crippen LogP) is 0.339. The zero-order chi connectivity index (χ0) is 10.6. The summed E-state index contributed by atoms with van der Waals surface area (Å²) in [5, 5.41) is 8.60. The molecule has 1 saturated heterocycles. The molecule has 80 valence electrons. The van der Waals surface area contributed by atoms with Gasteiger partial charge in [-0.05, 0) is 26.2 Å². The van der Waals surface area contributed by atoms with Crippen LogP contribution in [-0.2, 0) is 9.59 Å². The van der Waals surface area contributed by atoms with Gasteiger partial charge in [0.25, 0.3) is 0 Å². The van der Waals surface area contributed by atoms with Gasteiger partial charge in [0.1, 0.15) is 0 Å². The van der Waals surface area contributed by atoms with Crippen LogP contribution in [0.2, 0.25) is 0 Å². The van der Waals surface area contributed by atoms with Crippen molar-refractivity contribution in [1.82, 2.24) is 4.90 Å². The topological polar surface area (TPSA) is 57.6 Å². The Morgan fingerprint density at radius 3 is 2.79 bits per heavy atom. The fourth-order valence-corrected chi connectivity index (χ4v) is 1.86. The molecule has 1 aliphatic rings. The third-order valence-corrected chi connectivity index (χ3v) is 2.59. The van der Waals surface area contributed by atoms with Crippen LogP contribution >= 0.6 is 0 Å². The molecule has 0 bridgehead atoms. The first-order valence-corrected chi connectivity index (χ1v) is 5.07. The van der Waals surface area contributed by atoms with Gasteiger partial charge in [-0.1, -0.05) is 0 Å². The van der Waals surface area contributed by atoms with E-state index in [1.807, 2.05) is 0 Å². The summed E-state index contributed by atoms with van der Waals surface area (Å²) < 4.78 is 0. The lowest BCUT2D eigenvalue weighted by molar-refractivity contribution is -0.137. The molecule has 14 heavy (non-hydrogen) atoms. The molecule has 4 heteroatoms. The summed E-state index contributed by atoms with van der Waals surface area (Å²) in [4.78, 5) is 24.4. The summed E-state index contributed by atoms with van der Waals surface area (Å²) in [7, 11) is 0. The minimum atomic E-state index is -0.207. The molecule has 0 saturated carbocycles. The third-order valence-electron chi connectivity index (χ3n) is 2.59. The molecule has 1 rings (SSSR count). The number of aliphatic hydroxyl groups is 1. The molecule has 0 spiro atoms. The van der Waals surface area contributed by atoms with E-state index < -0.39 is 0 Å². The largest absolute Gasteiger partial charge is 0.396 e. The highest BCUT2D eigenvalue weighted by molar-refractivity contribution is 5.88. The van der Waals surface area contributed by atoms with E-state index in [4.69, 9.17) is 5.11 Å². The van der Waals surface area contributed by atoms with Gasteiger partial charge in [0, 0.05) is 19.6 Å². The summed E-state index contributed by atoms with van der Waals surface area (Å²) in [6.07, 6.45) is 2.54. The lowest BCUT2D eigenvalue weighted by atomic mass is 10.1. The first kappa shape index (κ1) is 11.2. The lowest BCUT2D eigenvalue weighted by Crippen LogP contribution is -2.39. The Kier molecular flexibility index (Phi) is 4.07. The minimum absolute atomic E-state index is 0.00301.